The van der Waals surface area contributed by atoms with E-state index in [1.54, 1.807) is 0 Å². The molecule has 0 bridgehead atoms. The Bertz CT molecular complexity index is 1230. The van der Waals surface area contributed by atoms with E-state index < -0.39 is 73.2 Å². The van der Waals surface area contributed by atoms with Crippen LogP contribution in [0.1, 0.15) is 51.4 Å². The van der Waals surface area contributed by atoms with Gasteiger partial charge in [-0.15, -0.1) is 0 Å². The van der Waals surface area contributed by atoms with Gasteiger partial charge in [-0.1, -0.05) is 26.3 Å². The second-order valence-corrected chi connectivity index (χ2v) is 11.8. The third kappa shape index (κ3) is 44.9. The predicted octanol–water partition coefficient (Wildman–Crippen LogP) is 0.405. The summed E-state index contributed by atoms with van der Waals surface area (Å²) in [5, 5.41) is 9.86. The van der Waals surface area contributed by atoms with Crippen LogP contribution >= 0.6 is 0 Å². The molecule has 0 atom stereocenters. The molecule has 0 aliphatic rings. The van der Waals surface area contributed by atoms with Crippen LogP contribution < -0.4 is 21.3 Å². The van der Waals surface area contributed by atoms with Crippen molar-refractivity contribution in [1.29, 1.82) is 0 Å². The summed E-state index contributed by atoms with van der Waals surface area (Å²) in [6, 6.07) is 0. The summed E-state index contributed by atoms with van der Waals surface area (Å²) in [4.78, 5) is 92.5. The zero-order chi connectivity index (χ0) is 46.3. The summed E-state index contributed by atoms with van der Waals surface area (Å²) >= 11 is 0. The first-order chi connectivity index (χ1) is 30.0. The van der Waals surface area contributed by atoms with Crippen molar-refractivity contribution in [3.8, 4) is 0 Å². The lowest BCUT2D eigenvalue weighted by Crippen LogP contribution is -2.36. The fourth-order valence-electron chi connectivity index (χ4n) is 3.91. The number of hydrogen-bond acceptors (Lipinski definition) is 18. The van der Waals surface area contributed by atoms with Crippen LogP contribution in [0.4, 0.5) is 0 Å². The van der Waals surface area contributed by atoms with E-state index >= 15 is 0 Å². The van der Waals surface area contributed by atoms with Gasteiger partial charge >= 0.3 is 23.9 Å². The minimum Gasteiger partial charge on any atom is -0.502 e. The van der Waals surface area contributed by atoms with Gasteiger partial charge in [-0.3, -0.25) is 38.4 Å². The highest BCUT2D eigenvalue weighted by molar-refractivity contribution is 5.96. The van der Waals surface area contributed by atoms with Crippen molar-refractivity contribution >= 4 is 47.5 Å². The first kappa shape index (κ1) is 57.9. The molecule has 4 amide bonds. The minimum atomic E-state index is -0.697. The molecule has 4 N–H and O–H groups in total. The average Bonchev–Trinajstić information content (AvgIpc) is 3.23. The molecular formula is C40H64N4O18. The average molecular weight is 889 g/mol. The van der Waals surface area contributed by atoms with Crippen molar-refractivity contribution in [3.63, 3.8) is 0 Å². The summed E-state index contributed by atoms with van der Waals surface area (Å²) in [5.74, 6) is -4.77. The molecule has 0 rings (SSSR count). The van der Waals surface area contributed by atoms with E-state index in [2.05, 4.69) is 47.6 Å². The molecule has 0 aliphatic heterocycles. The lowest BCUT2D eigenvalue weighted by molar-refractivity contribution is -0.149. The topological polar surface area (TPSA) is 277 Å². The van der Waals surface area contributed by atoms with E-state index in [9.17, 15) is 38.4 Å². The van der Waals surface area contributed by atoms with Crippen LogP contribution in [0.15, 0.2) is 51.4 Å². The highest BCUT2D eigenvalue weighted by Crippen LogP contribution is 1.96. The lowest BCUT2D eigenvalue weighted by atomic mass is 10.3. The Hall–Kier alpha value is -6.16. The number of carbonyl (C=O) groups excluding carboxylic acids is 8. The van der Waals surface area contributed by atoms with Gasteiger partial charge in [0.25, 0.3) is 0 Å². The monoisotopic (exact) mass is 888 g/mol. The Morgan fingerprint density at radius 2 is 0.565 bits per heavy atom. The fourth-order valence-corrected chi connectivity index (χ4v) is 3.91. The Labute approximate surface area is 362 Å². The first-order valence-corrected chi connectivity index (χ1v) is 19.7. The van der Waals surface area contributed by atoms with Gasteiger partial charge in [0.2, 0.25) is 23.6 Å². The zero-order valence-electron chi connectivity index (χ0n) is 35.5. The summed E-state index contributed by atoms with van der Waals surface area (Å²) in [5.41, 5.74) is 0. The zero-order valence-corrected chi connectivity index (χ0v) is 35.5. The molecule has 0 aromatic heterocycles. The van der Waals surface area contributed by atoms with Crippen molar-refractivity contribution in [2.45, 2.75) is 51.4 Å². The number of carbonyl (C=O) groups is 8. The second kappa shape index (κ2) is 44.4. The molecule has 352 valence electrons. The second-order valence-electron chi connectivity index (χ2n) is 11.8. The third-order valence-corrected chi connectivity index (χ3v) is 6.74. The van der Waals surface area contributed by atoms with E-state index in [4.69, 9.17) is 47.4 Å². The van der Waals surface area contributed by atoms with Crippen molar-refractivity contribution in [3.05, 3.63) is 51.4 Å². The maximum atomic E-state index is 11.6. The highest BCUT2D eigenvalue weighted by atomic mass is 16.6. The SMILES string of the molecule is C=COCCCCOC(=O)CC(=O)NCCNC(=O)CC(=O)OCCCCOC=C.C=COCCOCCOC(=O)CC(=O)NCCNC(=O)CC(=O)OCCOCCOC=C. The quantitative estimate of drug-likeness (QED) is 0.0213. The van der Waals surface area contributed by atoms with E-state index in [0.717, 1.165) is 0 Å². The van der Waals surface area contributed by atoms with Crippen LogP contribution in [0, 0.1) is 0 Å². The van der Waals surface area contributed by atoms with Gasteiger partial charge in [0.1, 0.15) is 52.1 Å². The minimum absolute atomic E-state index is 0.0161. The van der Waals surface area contributed by atoms with E-state index in [1.807, 2.05) is 0 Å². The molecule has 0 aliphatic carbocycles. The van der Waals surface area contributed by atoms with Crippen LogP contribution in [0.2, 0.25) is 0 Å². The largest absolute Gasteiger partial charge is 0.502 e. The Kier molecular flexibility index (Phi) is 41.5. The first-order valence-electron chi connectivity index (χ1n) is 19.7. The van der Waals surface area contributed by atoms with Gasteiger partial charge in [-0.2, -0.15) is 0 Å². The molecule has 0 heterocycles. The molecule has 0 spiro atoms. The Morgan fingerprint density at radius 1 is 0.323 bits per heavy atom. The van der Waals surface area contributed by atoms with Gasteiger partial charge in [0.05, 0.1) is 77.9 Å². The predicted molar refractivity (Wildman–Crippen MR) is 219 cm³/mol. The van der Waals surface area contributed by atoms with Crippen LogP contribution in [0.5, 0.6) is 0 Å². The van der Waals surface area contributed by atoms with Crippen LogP contribution in [-0.2, 0) is 85.7 Å². The molecule has 0 aromatic carbocycles. The maximum absolute atomic E-state index is 11.6. The molecular weight excluding hydrogens is 824 g/mol. The number of nitrogens with one attached hydrogen (secondary N) is 4. The summed E-state index contributed by atoms with van der Waals surface area (Å²) < 4.78 is 49.4. The number of unbranched alkanes of at least 4 members (excludes halogenated alkanes) is 2. The van der Waals surface area contributed by atoms with Crippen molar-refractivity contribution in [2.75, 3.05) is 105 Å². The van der Waals surface area contributed by atoms with E-state index in [0.29, 0.717) is 65.3 Å². The molecule has 0 aromatic rings. The summed E-state index contributed by atoms with van der Waals surface area (Å²) in [7, 11) is 0. The van der Waals surface area contributed by atoms with Crippen LogP contribution in [0.3, 0.4) is 0 Å². The summed E-state index contributed by atoms with van der Waals surface area (Å²) in [6.07, 6.45) is 6.23. The summed E-state index contributed by atoms with van der Waals surface area (Å²) in [6.45, 7) is 17.1. The van der Waals surface area contributed by atoms with Gasteiger partial charge < -0.3 is 68.6 Å². The van der Waals surface area contributed by atoms with E-state index in [-0.39, 0.29) is 65.8 Å². The third-order valence-electron chi connectivity index (χ3n) is 6.74. The molecule has 22 heteroatoms. The smallest absolute Gasteiger partial charge is 0.315 e. The number of rotatable bonds is 40. The number of hydrogen-bond donors (Lipinski definition) is 4. The van der Waals surface area contributed by atoms with Gasteiger partial charge in [-0.25, -0.2) is 0 Å². The maximum Gasteiger partial charge on any atom is 0.315 e. The van der Waals surface area contributed by atoms with Gasteiger partial charge in [0, 0.05) is 26.2 Å². The molecule has 0 saturated carbocycles. The van der Waals surface area contributed by atoms with Crippen LogP contribution in [0.25, 0.3) is 0 Å². The van der Waals surface area contributed by atoms with Crippen molar-refractivity contribution < 1.29 is 85.7 Å². The Morgan fingerprint density at radius 3 is 0.855 bits per heavy atom. The lowest BCUT2D eigenvalue weighted by Gasteiger charge is -2.08. The number of ether oxygens (including phenoxy) is 10. The molecule has 0 radical (unpaired) electrons. The number of esters is 4. The van der Waals surface area contributed by atoms with Crippen LogP contribution in [-0.4, -0.2) is 153 Å². The molecule has 0 unspecified atom stereocenters. The standard InChI is InChI=1S/C20H32N2O10.C20H32N2O8/c1-3-27-7-9-29-11-13-31-19(25)15-17(23)21-5-6-22-18(24)16-20(26)32-14-12-30-10-8-28-4-2;1-3-27-11-5-7-13-29-19(25)15-17(23)21-9-10-22-18(24)16-20(26)30-14-8-6-12-28-4-2/h3-4H,1-2,5-16H2,(H,21,23)(H,22,24);3-4H,1-2,5-16H2,(H,21,23)(H,22,24). The number of amides is 4. The molecule has 22 nitrogen and oxygen atoms in total. The molecule has 62 heavy (non-hydrogen) atoms. The Balaban J connectivity index is 0. The van der Waals surface area contributed by atoms with E-state index in [1.165, 1.54) is 25.0 Å². The normalized spacial score (nSPS) is 9.81. The van der Waals surface area contributed by atoms with Crippen molar-refractivity contribution in [2.24, 2.45) is 0 Å². The molecule has 0 fully saturated rings. The van der Waals surface area contributed by atoms with Crippen molar-refractivity contribution in [1.82, 2.24) is 21.3 Å². The van der Waals surface area contributed by atoms with Gasteiger partial charge in [0.15, 0.2) is 0 Å². The van der Waals surface area contributed by atoms with Gasteiger partial charge in [-0.05, 0) is 25.7 Å². The highest BCUT2D eigenvalue weighted by Gasteiger charge is 2.14. The molecule has 0 saturated heterocycles. The fraction of sp³-hybridized carbons (Fsp3) is 0.600.